The first-order valence-electron chi connectivity index (χ1n) is 4.89. The molecule has 0 saturated heterocycles. The number of aliphatic hydroxyl groups is 2. The standard InChI is InChI=1S/C10H14Cl2N2O2/c1-13-5-4-7(15)9(16)6-2-3-8(11)14-10(6)12/h2-3,7,9,13,15-16H,4-5H2,1H3. The molecular formula is C10H14Cl2N2O2. The van der Waals surface area contributed by atoms with E-state index in [9.17, 15) is 10.2 Å². The predicted molar refractivity (Wildman–Crippen MR) is 63.8 cm³/mol. The zero-order valence-corrected chi connectivity index (χ0v) is 10.3. The molecule has 0 aromatic carbocycles. The van der Waals surface area contributed by atoms with Crippen molar-refractivity contribution in [2.45, 2.75) is 18.6 Å². The molecule has 0 aliphatic heterocycles. The van der Waals surface area contributed by atoms with Gasteiger partial charge in [-0.3, -0.25) is 0 Å². The van der Waals surface area contributed by atoms with Crippen molar-refractivity contribution in [3.05, 3.63) is 28.0 Å². The molecule has 6 heteroatoms. The van der Waals surface area contributed by atoms with Crippen molar-refractivity contribution in [1.29, 1.82) is 0 Å². The molecule has 2 atom stereocenters. The molecule has 0 aliphatic carbocycles. The zero-order chi connectivity index (χ0) is 12.1. The van der Waals surface area contributed by atoms with E-state index in [2.05, 4.69) is 10.3 Å². The average molecular weight is 265 g/mol. The van der Waals surface area contributed by atoms with E-state index in [1.54, 1.807) is 13.1 Å². The number of nitrogens with zero attached hydrogens (tertiary/aromatic N) is 1. The molecular weight excluding hydrogens is 251 g/mol. The fourth-order valence-corrected chi connectivity index (χ4v) is 1.76. The molecule has 3 N–H and O–H groups in total. The van der Waals surface area contributed by atoms with Crippen molar-refractivity contribution in [3.63, 3.8) is 0 Å². The van der Waals surface area contributed by atoms with Crippen LogP contribution in [0.2, 0.25) is 10.3 Å². The van der Waals surface area contributed by atoms with Crippen molar-refractivity contribution in [3.8, 4) is 0 Å². The highest BCUT2D eigenvalue weighted by Crippen LogP contribution is 2.26. The summed E-state index contributed by atoms with van der Waals surface area (Å²) < 4.78 is 0. The summed E-state index contributed by atoms with van der Waals surface area (Å²) in [5, 5.41) is 22.8. The Kier molecular flexibility index (Phi) is 5.44. The summed E-state index contributed by atoms with van der Waals surface area (Å²) in [6.45, 7) is 0.608. The van der Waals surface area contributed by atoms with Crippen molar-refractivity contribution in [2.24, 2.45) is 0 Å². The van der Waals surface area contributed by atoms with Gasteiger partial charge in [-0.2, -0.15) is 0 Å². The Hall–Kier alpha value is -0.390. The SMILES string of the molecule is CNCCC(O)C(O)c1ccc(Cl)nc1Cl. The number of pyridine rings is 1. The van der Waals surface area contributed by atoms with Gasteiger partial charge in [-0.1, -0.05) is 29.3 Å². The van der Waals surface area contributed by atoms with Crippen LogP contribution in [-0.2, 0) is 0 Å². The first kappa shape index (κ1) is 13.7. The molecule has 0 spiro atoms. The average Bonchev–Trinajstić information content (AvgIpc) is 2.25. The second-order valence-corrected chi connectivity index (χ2v) is 4.16. The monoisotopic (exact) mass is 264 g/mol. The summed E-state index contributed by atoms with van der Waals surface area (Å²) in [6, 6.07) is 3.09. The van der Waals surface area contributed by atoms with E-state index in [1.165, 1.54) is 6.07 Å². The maximum atomic E-state index is 9.84. The Morgan fingerprint density at radius 1 is 1.38 bits per heavy atom. The Labute approximate surface area is 104 Å². The van der Waals surface area contributed by atoms with Crippen LogP contribution in [0.5, 0.6) is 0 Å². The van der Waals surface area contributed by atoms with Crippen molar-refractivity contribution < 1.29 is 10.2 Å². The lowest BCUT2D eigenvalue weighted by Crippen LogP contribution is -2.23. The van der Waals surface area contributed by atoms with Crippen LogP contribution in [0.1, 0.15) is 18.1 Å². The summed E-state index contributed by atoms with van der Waals surface area (Å²) >= 11 is 11.5. The third kappa shape index (κ3) is 3.57. The fraction of sp³-hybridized carbons (Fsp3) is 0.500. The smallest absolute Gasteiger partial charge is 0.136 e. The maximum Gasteiger partial charge on any atom is 0.136 e. The number of hydrogen-bond donors (Lipinski definition) is 3. The van der Waals surface area contributed by atoms with Gasteiger partial charge in [0.1, 0.15) is 16.4 Å². The number of rotatable bonds is 5. The molecule has 90 valence electrons. The Morgan fingerprint density at radius 3 is 2.62 bits per heavy atom. The van der Waals surface area contributed by atoms with Crippen molar-refractivity contribution in [2.75, 3.05) is 13.6 Å². The van der Waals surface area contributed by atoms with Gasteiger partial charge in [0.25, 0.3) is 0 Å². The van der Waals surface area contributed by atoms with E-state index >= 15 is 0 Å². The molecule has 0 radical (unpaired) electrons. The van der Waals surface area contributed by atoms with Crippen LogP contribution in [0, 0.1) is 0 Å². The van der Waals surface area contributed by atoms with Crippen LogP contribution in [-0.4, -0.2) is 34.9 Å². The minimum Gasteiger partial charge on any atom is -0.390 e. The highest BCUT2D eigenvalue weighted by Gasteiger charge is 2.21. The summed E-state index contributed by atoms with van der Waals surface area (Å²) in [4.78, 5) is 3.80. The van der Waals surface area contributed by atoms with Crippen LogP contribution in [0.25, 0.3) is 0 Å². The van der Waals surface area contributed by atoms with Crippen LogP contribution < -0.4 is 5.32 Å². The second-order valence-electron chi connectivity index (χ2n) is 3.42. The number of halogens is 2. The first-order chi connectivity index (χ1) is 7.56. The van der Waals surface area contributed by atoms with E-state index in [0.717, 1.165) is 0 Å². The van der Waals surface area contributed by atoms with Gasteiger partial charge in [0.2, 0.25) is 0 Å². The second kappa shape index (κ2) is 6.37. The van der Waals surface area contributed by atoms with Crippen LogP contribution in [0.4, 0.5) is 0 Å². The van der Waals surface area contributed by atoms with Gasteiger partial charge in [-0.05, 0) is 26.1 Å². The van der Waals surface area contributed by atoms with Gasteiger partial charge in [-0.25, -0.2) is 4.98 Å². The summed E-state index contributed by atoms with van der Waals surface area (Å²) in [5.74, 6) is 0. The lowest BCUT2D eigenvalue weighted by atomic mass is 10.0. The van der Waals surface area contributed by atoms with Gasteiger partial charge in [0.15, 0.2) is 0 Å². The molecule has 0 aliphatic rings. The molecule has 4 nitrogen and oxygen atoms in total. The van der Waals surface area contributed by atoms with E-state index in [-0.39, 0.29) is 10.3 Å². The lowest BCUT2D eigenvalue weighted by Gasteiger charge is -2.18. The van der Waals surface area contributed by atoms with Gasteiger partial charge < -0.3 is 15.5 Å². The highest BCUT2D eigenvalue weighted by atomic mass is 35.5. The van der Waals surface area contributed by atoms with E-state index in [4.69, 9.17) is 23.2 Å². The molecule has 0 fully saturated rings. The largest absolute Gasteiger partial charge is 0.390 e. The van der Waals surface area contributed by atoms with Gasteiger partial charge in [0, 0.05) is 5.56 Å². The van der Waals surface area contributed by atoms with Crippen molar-refractivity contribution >= 4 is 23.2 Å². The maximum absolute atomic E-state index is 9.84. The highest BCUT2D eigenvalue weighted by molar-refractivity contribution is 6.32. The number of nitrogens with one attached hydrogen (secondary N) is 1. The molecule has 0 saturated carbocycles. The molecule has 0 bridgehead atoms. The number of aliphatic hydroxyl groups excluding tert-OH is 2. The molecule has 1 heterocycles. The van der Waals surface area contributed by atoms with Gasteiger partial charge in [-0.15, -0.1) is 0 Å². The number of aromatic nitrogens is 1. The van der Waals surface area contributed by atoms with E-state index in [0.29, 0.717) is 18.5 Å². The van der Waals surface area contributed by atoms with Gasteiger partial charge in [0.05, 0.1) is 6.10 Å². The summed E-state index contributed by atoms with van der Waals surface area (Å²) in [7, 11) is 1.77. The van der Waals surface area contributed by atoms with Crippen LogP contribution >= 0.6 is 23.2 Å². The Balaban J connectivity index is 2.75. The topological polar surface area (TPSA) is 65.4 Å². The third-order valence-corrected chi connectivity index (χ3v) is 2.73. The Bertz CT molecular complexity index is 350. The minimum absolute atomic E-state index is 0.114. The minimum atomic E-state index is -1.05. The molecule has 1 aromatic rings. The van der Waals surface area contributed by atoms with E-state index < -0.39 is 12.2 Å². The molecule has 1 aromatic heterocycles. The normalized spacial score (nSPS) is 14.8. The molecule has 16 heavy (non-hydrogen) atoms. The molecule has 2 unspecified atom stereocenters. The first-order valence-corrected chi connectivity index (χ1v) is 5.64. The zero-order valence-electron chi connectivity index (χ0n) is 8.82. The summed E-state index contributed by atoms with van der Waals surface area (Å²) in [6.07, 6.45) is -1.50. The molecule has 0 amide bonds. The van der Waals surface area contributed by atoms with Crippen molar-refractivity contribution in [1.82, 2.24) is 10.3 Å². The fourth-order valence-electron chi connectivity index (χ4n) is 1.30. The Morgan fingerprint density at radius 2 is 2.06 bits per heavy atom. The van der Waals surface area contributed by atoms with Gasteiger partial charge >= 0.3 is 0 Å². The lowest BCUT2D eigenvalue weighted by molar-refractivity contribution is 0.0139. The van der Waals surface area contributed by atoms with E-state index in [1.807, 2.05) is 0 Å². The predicted octanol–water partition coefficient (Wildman–Crippen LogP) is 1.39. The quantitative estimate of drug-likeness (QED) is 0.704. The van der Waals surface area contributed by atoms with Crippen LogP contribution in [0.15, 0.2) is 12.1 Å². The third-order valence-electron chi connectivity index (χ3n) is 2.22. The summed E-state index contributed by atoms with van der Waals surface area (Å²) in [5.41, 5.74) is 0.384. The van der Waals surface area contributed by atoms with Crippen LogP contribution in [0.3, 0.4) is 0 Å². The molecule has 1 rings (SSSR count). The number of hydrogen-bond acceptors (Lipinski definition) is 4.